The van der Waals surface area contributed by atoms with Gasteiger partial charge in [0.05, 0.1) is 0 Å². The zero-order chi connectivity index (χ0) is 29.0. The highest BCUT2D eigenvalue weighted by atomic mass is 14.4. The molecule has 0 heterocycles. The molecule has 0 unspecified atom stereocenters. The second-order valence-corrected chi connectivity index (χ2v) is 13.6. The molecule has 0 aliphatic heterocycles. The Labute approximate surface area is 249 Å². The van der Waals surface area contributed by atoms with Crippen LogP contribution in [0, 0.1) is 13.8 Å². The Morgan fingerprint density at radius 1 is 0.333 bits per heavy atom. The molecule has 0 atom stereocenters. The third-order valence-electron chi connectivity index (χ3n) is 10.2. The predicted octanol–water partition coefficient (Wildman–Crippen LogP) is 11.4. The van der Waals surface area contributed by atoms with E-state index in [4.69, 9.17) is 0 Å². The van der Waals surface area contributed by atoms with Crippen LogP contribution in [0.25, 0.3) is 55.3 Å². The molecule has 2 aliphatic carbocycles. The molecule has 0 aromatic heterocycles. The van der Waals surface area contributed by atoms with E-state index in [1.54, 1.807) is 0 Å². The summed E-state index contributed by atoms with van der Waals surface area (Å²) in [5, 5.41) is 2.87. The van der Waals surface area contributed by atoms with Crippen LogP contribution in [0.4, 0.5) is 0 Å². The van der Waals surface area contributed by atoms with E-state index in [1.165, 1.54) is 88.7 Å². The largest absolute Gasteiger partial charge is 0.0587 e. The molecule has 0 radical (unpaired) electrons. The maximum absolute atomic E-state index is 2.44. The maximum Gasteiger partial charge on any atom is 0.0159 e. The molecule has 6 aromatic rings. The summed E-state index contributed by atoms with van der Waals surface area (Å²) in [6.07, 6.45) is 0. The Morgan fingerprint density at radius 2 is 0.667 bits per heavy atom. The van der Waals surface area contributed by atoms with E-state index in [2.05, 4.69) is 151 Å². The summed E-state index contributed by atoms with van der Waals surface area (Å²) in [6, 6.07) is 41.7. The van der Waals surface area contributed by atoms with Crippen LogP contribution < -0.4 is 0 Å². The van der Waals surface area contributed by atoms with Gasteiger partial charge in [-0.05, 0) is 104 Å². The number of hydrogen-bond acceptors (Lipinski definition) is 0. The van der Waals surface area contributed by atoms with Gasteiger partial charge in [-0.2, -0.15) is 0 Å². The van der Waals surface area contributed by atoms with E-state index in [9.17, 15) is 0 Å². The first-order valence-corrected chi connectivity index (χ1v) is 15.2. The number of fused-ring (bicyclic) bond motifs is 4. The molecule has 204 valence electrons. The molecule has 8 rings (SSSR count). The van der Waals surface area contributed by atoms with Crippen LogP contribution in [0.1, 0.15) is 61.1 Å². The van der Waals surface area contributed by atoms with Crippen molar-refractivity contribution in [3.05, 3.63) is 143 Å². The number of aryl methyl sites for hydroxylation is 2. The number of rotatable bonds is 2. The van der Waals surface area contributed by atoms with Gasteiger partial charge in [-0.15, -0.1) is 0 Å². The van der Waals surface area contributed by atoms with Gasteiger partial charge in [0.2, 0.25) is 0 Å². The zero-order valence-corrected chi connectivity index (χ0v) is 25.4. The lowest BCUT2D eigenvalue weighted by Gasteiger charge is -2.40. The Kier molecular flexibility index (Phi) is 5.15. The second-order valence-electron chi connectivity index (χ2n) is 13.6. The van der Waals surface area contributed by atoms with E-state index in [0.717, 1.165) is 0 Å². The van der Waals surface area contributed by atoms with Gasteiger partial charge >= 0.3 is 0 Å². The third kappa shape index (κ3) is 3.42. The molecule has 0 bridgehead atoms. The van der Waals surface area contributed by atoms with Crippen molar-refractivity contribution in [2.45, 2.75) is 52.4 Å². The molecule has 0 saturated carbocycles. The molecule has 0 N–H and O–H groups in total. The van der Waals surface area contributed by atoms with Gasteiger partial charge < -0.3 is 0 Å². The lowest BCUT2D eigenvalue weighted by atomic mass is 9.62. The van der Waals surface area contributed by atoms with Crippen LogP contribution in [-0.4, -0.2) is 0 Å². The van der Waals surface area contributed by atoms with Crippen molar-refractivity contribution < 1.29 is 0 Å². The van der Waals surface area contributed by atoms with Crippen molar-refractivity contribution >= 4 is 10.8 Å². The van der Waals surface area contributed by atoms with Gasteiger partial charge in [-0.3, -0.25) is 0 Å². The summed E-state index contributed by atoms with van der Waals surface area (Å²) in [6.45, 7) is 13.9. The number of hydrogen-bond donors (Lipinski definition) is 0. The van der Waals surface area contributed by atoms with Crippen LogP contribution in [0.2, 0.25) is 0 Å². The molecule has 6 aromatic carbocycles. The first-order chi connectivity index (χ1) is 20.1. The monoisotopic (exact) mass is 540 g/mol. The highest BCUT2D eigenvalue weighted by molar-refractivity contribution is 6.13. The van der Waals surface area contributed by atoms with E-state index < -0.39 is 0 Å². The first-order valence-electron chi connectivity index (χ1n) is 15.2. The van der Waals surface area contributed by atoms with Crippen LogP contribution in [0.15, 0.2) is 109 Å². The average molecular weight is 541 g/mol. The minimum Gasteiger partial charge on any atom is -0.0587 e. The molecule has 2 aliphatic rings. The Hall–Kier alpha value is -4.42. The topological polar surface area (TPSA) is 0 Å². The minimum atomic E-state index is -0.111. The molecule has 0 spiro atoms. The van der Waals surface area contributed by atoms with Crippen molar-refractivity contribution in [2.75, 3.05) is 0 Å². The van der Waals surface area contributed by atoms with Crippen molar-refractivity contribution in [1.82, 2.24) is 0 Å². The van der Waals surface area contributed by atoms with Gasteiger partial charge in [0.25, 0.3) is 0 Å². The van der Waals surface area contributed by atoms with E-state index >= 15 is 0 Å². The maximum atomic E-state index is 2.44. The normalized spacial score (nSPS) is 15.3. The smallest absolute Gasteiger partial charge is 0.0159 e. The predicted molar refractivity (Wildman–Crippen MR) is 179 cm³/mol. The molecule has 42 heavy (non-hydrogen) atoms. The van der Waals surface area contributed by atoms with E-state index in [-0.39, 0.29) is 10.8 Å². The average Bonchev–Trinajstić information content (AvgIpc) is 2.99. The standard InChI is InChI=1S/C42H36/c1-25-7-11-27(12-8-25)29-15-17-31-33-19-20-34-32-18-16-30(28-13-9-26(2)10-14-28)24-38(32)42(5,6)36-22-21-35(39(33)40(34)36)41(3,4)37(31)23-29/h7-24H,1-6H3. The summed E-state index contributed by atoms with van der Waals surface area (Å²) in [4.78, 5) is 0. The highest BCUT2D eigenvalue weighted by Gasteiger charge is 2.39. The van der Waals surface area contributed by atoms with Crippen molar-refractivity contribution in [3.63, 3.8) is 0 Å². The summed E-state index contributed by atoms with van der Waals surface area (Å²) >= 11 is 0. The number of benzene rings is 6. The van der Waals surface area contributed by atoms with Crippen LogP contribution in [0.5, 0.6) is 0 Å². The summed E-state index contributed by atoms with van der Waals surface area (Å²) < 4.78 is 0. The lowest BCUT2D eigenvalue weighted by Crippen LogP contribution is -2.28. The third-order valence-corrected chi connectivity index (χ3v) is 10.2. The van der Waals surface area contributed by atoms with Crippen LogP contribution in [-0.2, 0) is 10.8 Å². The Morgan fingerprint density at radius 3 is 1.05 bits per heavy atom. The Bertz CT molecular complexity index is 1910. The summed E-state index contributed by atoms with van der Waals surface area (Å²) in [7, 11) is 0. The van der Waals surface area contributed by atoms with Crippen molar-refractivity contribution in [1.29, 1.82) is 0 Å². The lowest BCUT2D eigenvalue weighted by molar-refractivity contribution is 0.633. The Balaban J connectivity index is 1.36. The SMILES string of the molecule is Cc1ccc(-c2ccc3c(c2)C(C)(C)c2ccc4c5c(ccc-3c25)-c2ccc(-c3ccc(C)cc3)cc2C4(C)C)cc1. The molecule has 0 fully saturated rings. The van der Waals surface area contributed by atoms with Crippen molar-refractivity contribution in [2.24, 2.45) is 0 Å². The fourth-order valence-electron chi connectivity index (χ4n) is 7.72. The molecule has 0 saturated heterocycles. The van der Waals surface area contributed by atoms with Gasteiger partial charge in [0.15, 0.2) is 0 Å². The molecule has 0 heteroatoms. The van der Waals surface area contributed by atoms with Crippen molar-refractivity contribution in [3.8, 4) is 44.5 Å². The van der Waals surface area contributed by atoms with E-state index in [0.29, 0.717) is 0 Å². The molecule has 0 amide bonds. The van der Waals surface area contributed by atoms with Gasteiger partial charge in [0.1, 0.15) is 0 Å². The quantitative estimate of drug-likeness (QED) is 0.205. The van der Waals surface area contributed by atoms with Crippen LogP contribution in [0.3, 0.4) is 0 Å². The minimum absolute atomic E-state index is 0.111. The van der Waals surface area contributed by atoms with Gasteiger partial charge in [-0.25, -0.2) is 0 Å². The first kappa shape index (κ1) is 25.3. The van der Waals surface area contributed by atoms with E-state index in [1.807, 2.05) is 0 Å². The summed E-state index contributed by atoms with van der Waals surface area (Å²) in [5.41, 5.74) is 18.6. The van der Waals surface area contributed by atoms with Gasteiger partial charge in [0, 0.05) is 10.8 Å². The molecule has 0 nitrogen and oxygen atoms in total. The summed E-state index contributed by atoms with van der Waals surface area (Å²) in [5.74, 6) is 0. The second kappa shape index (κ2) is 8.55. The molecular weight excluding hydrogens is 504 g/mol. The van der Waals surface area contributed by atoms with Gasteiger partial charge in [-0.1, -0.05) is 136 Å². The zero-order valence-electron chi connectivity index (χ0n) is 25.4. The van der Waals surface area contributed by atoms with Crippen LogP contribution >= 0.6 is 0 Å². The fourth-order valence-corrected chi connectivity index (χ4v) is 7.72. The fraction of sp³-hybridized carbons (Fsp3) is 0.190. The highest BCUT2D eigenvalue weighted by Crippen LogP contribution is 2.56. The molecular formula is C42H36.